The SMILES string of the molecule is CCCCCCCCCCCCCC[Si](CCCCCCCCCCCC)(CCCCCCCCCCCC)c1ccccc1. The van der Waals surface area contributed by atoms with Crippen molar-refractivity contribution in [1.82, 2.24) is 0 Å². The van der Waals surface area contributed by atoms with Gasteiger partial charge in [0, 0.05) is 0 Å². The molecule has 0 saturated heterocycles. The average Bonchev–Trinajstić information content (AvgIpc) is 3.07. The third kappa shape index (κ3) is 25.2. The minimum Gasteiger partial charge on any atom is -0.0654 e. The van der Waals surface area contributed by atoms with Crippen LogP contribution in [0.1, 0.15) is 226 Å². The molecule has 264 valence electrons. The zero-order valence-corrected chi connectivity index (χ0v) is 32.6. The molecule has 0 amide bonds. The van der Waals surface area contributed by atoms with Crippen LogP contribution in [0.4, 0.5) is 0 Å². The van der Waals surface area contributed by atoms with E-state index in [0.29, 0.717) is 0 Å². The quantitative estimate of drug-likeness (QED) is 0.0505. The summed E-state index contributed by atoms with van der Waals surface area (Å²) in [5.41, 5.74) is 0. The van der Waals surface area contributed by atoms with Crippen molar-refractivity contribution < 1.29 is 0 Å². The van der Waals surface area contributed by atoms with Crippen LogP contribution in [0, 0.1) is 0 Å². The molecule has 1 rings (SSSR count). The lowest BCUT2D eigenvalue weighted by atomic mass is 10.1. The van der Waals surface area contributed by atoms with Gasteiger partial charge < -0.3 is 0 Å². The minimum absolute atomic E-state index is 1.37. The largest absolute Gasteiger partial charge is 0.0867 e. The average molecular weight is 641 g/mol. The Morgan fingerprint density at radius 3 is 0.756 bits per heavy atom. The van der Waals surface area contributed by atoms with Crippen molar-refractivity contribution in [3.63, 3.8) is 0 Å². The maximum atomic E-state index is 2.55. The smallest absolute Gasteiger partial charge is 0.0654 e. The second-order valence-electron chi connectivity index (χ2n) is 15.1. The molecule has 0 aliphatic rings. The summed E-state index contributed by atoms with van der Waals surface area (Å²) in [6.45, 7) is 6.98. The predicted octanol–water partition coefficient (Wildman–Crippen LogP) is 15.9. The summed E-state index contributed by atoms with van der Waals surface area (Å²) in [6, 6.07) is 16.8. The highest BCUT2D eigenvalue weighted by molar-refractivity contribution is 6.91. The maximum absolute atomic E-state index is 2.55. The summed E-state index contributed by atoms with van der Waals surface area (Å²) in [4.78, 5) is 0. The first-order valence-corrected chi connectivity index (χ1v) is 24.0. The van der Waals surface area contributed by atoms with Crippen molar-refractivity contribution in [3.05, 3.63) is 30.3 Å². The van der Waals surface area contributed by atoms with Crippen LogP contribution >= 0.6 is 0 Å². The molecule has 0 spiro atoms. The van der Waals surface area contributed by atoms with Crippen molar-refractivity contribution in [2.24, 2.45) is 0 Å². The number of benzene rings is 1. The van der Waals surface area contributed by atoms with Gasteiger partial charge in [-0.1, -0.05) is 280 Å². The van der Waals surface area contributed by atoms with Gasteiger partial charge in [-0.2, -0.15) is 0 Å². The summed E-state index contributed by atoms with van der Waals surface area (Å²) in [6.07, 6.45) is 46.8. The van der Waals surface area contributed by atoms with E-state index in [9.17, 15) is 0 Å². The molecule has 0 nitrogen and oxygen atoms in total. The van der Waals surface area contributed by atoms with Gasteiger partial charge in [0.1, 0.15) is 0 Å². The molecule has 0 saturated carbocycles. The van der Waals surface area contributed by atoms with Crippen molar-refractivity contribution in [2.75, 3.05) is 0 Å². The fourth-order valence-electron chi connectivity index (χ4n) is 7.81. The van der Waals surface area contributed by atoms with E-state index in [1.165, 1.54) is 205 Å². The Labute approximate surface area is 287 Å². The molecule has 0 aliphatic heterocycles. The highest BCUT2D eigenvalue weighted by atomic mass is 28.3. The van der Waals surface area contributed by atoms with Crippen molar-refractivity contribution in [3.8, 4) is 0 Å². The fourth-order valence-corrected chi connectivity index (χ4v) is 13.1. The van der Waals surface area contributed by atoms with Gasteiger partial charge >= 0.3 is 0 Å². The summed E-state index contributed by atoms with van der Waals surface area (Å²) in [5.74, 6) is 0. The van der Waals surface area contributed by atoms with E-state index >= 15 is 0 Å². The summed E-state index contributed by atoms with van der Waals surface area (Å²) in [5, 5.41) is 1.81. The van der Waals surface area contributed by atoms with Crippen LogP contribution in [0.3, 0.4) is 0 Å². The van der Waals surface area contributed by atoms with Gasteiger partial charge in [0.15, 0.2) is 0 Å². The van der Waals surface area contributed by atoms with E-state index in [4.69, 9.17) is 0 Å². The lowest BCUT2D eigenvalue weighted by Gasteiger charge is -2.33. The zero-order valence-electron chi connectivity index (χ0n) is 31.6. The summed E-state index contributed by atoms with van der Waals surface area (Å²) >= 11 is 0. The van der Waals surface area contributed by atoms with Crippen molar-refractivity contribution >= 4 is 13.3 Å². The highest BCUT2D eigenvalue weighted by Gasteiger charge is 2.33. The zero-order chi connectivity index (χ0) is 32.4. The Balaban J connectivity index is 2.53. The second kappa shape index (κ2) is 33.3. The molecule has 0 fully saturated rings. The first kappa shape index (κ1) is 42.5. The highest BCUT2D eigenvalue weighted by Crippen LogP contribution is 2.30. The Morgan fingerprint density at radius 1 is 0.289 bits per heavy atom. The Bertz CT molecular complexity index is 657. The maximum Gasteiger partial charge on any atom is 0.0867 e. The first-order chi connectivity index (χ1) is 22.3. The standard InChI is InChI=1S/C44H84Si/c1-4-7-10-13-16-19-22-23-26-29-32-38-43-45(44-39-34-33-35-40-44,41-36-30-27-24-20-17-14-11-8-5-2)42-37-31-28-25-21-18-15-12-9-6-3/h33-35,39-40H,4-32,36-38,41-43H2,1-3H3. The molecule has 0 atom stereocenters. The van der Waals surface area contributed by atoms with Gasteiger partial charge in [-0.25, -0.2) is 0 Å². The Hall–Kier alpha value is -0.563. The van der Waals surface area contributed by atoms with E-state index in [-0.39, 0.29) is 0 Å². The molecule has 0 N–H and O–H groups in total. The van der Waals surface area contributed by atoms with Crippen molar-refractivity contribution in [2.45, 2.75) is 244 Å². The van der Waals surface area contributed by atoms with Gasteiger partial charge in [-0.3, -0.25) is 0 Å². The van der Waals surface area contributed by atoms with Gasteiger partial charge in [-0.05, 0) is 0 Å². The molecule has 1 aromatic rings. The van der Waals surface area contributed by atoms with E-state index in [2.05, 4.69) is 51.1 Å². The third-order valence-corrected chi connectivity index (χ3v) is 16.4. The molecule has 0 radical (unpaired) electrons. The number of hydrogen-bond acceptors (Lipinski definition) is 0. The predicted molar refractivity (Wildman–Crippen MR) is 211 cm³/mol. The van der Waals surface area contributed by atoms with E-state index in [1.807, 2.05) is 0 Å². The second-order valence-corrected chi connectivity index (χ2v) is 19.8. The molecule has 0 aliphatic carbocycles. The van der Waals surface area contributed by atoms with E-state index < -0.39 is 8.07 Å². The van der Waals surface area contributed by atoms with Crippen LogP contribution in [0.25, 0.3) is 0 Å². The van der Waals surface area contributed by atoms with Crippen molar-refractivity contribution in [1.29, 1.82) is 0 Å². The molecule has 1 heteroatoms. The van der Waals surface area contributed by atoms with Crippen LogP contribution in [-0.2, 0) is 0 Å². The number of hydrogen-bond donors (Lipinski definition) is 0. The van der Waals surface area contributed by atoms with Gasteiger partial charge in [0.25, 0.3) is 0 Å². The van der Waals surface area contributed by atoms with Gasteiger partial charge in [0.05, 0.1) is 8.07 Å². The fraction of sp³-hybridized carbons (Fsp3) is 0.864. The normalized spacial score (nSPS) is 11.9. The summed E-state index contributed by atoms with van der Waals surface area (Å²) in [7, 11) is -1.45. The first-order valence-electron chi connectivity index (χ1n) is 21.3. The summed E-state index contributed by atoms with van der Waals surface area (Å²) < 4.78 is 0. The van der Waals surface area contributed by atoms with Crippen LogP contribution < -0.4 is 5.19 Å². The molecule has 1 aromatic carbocycles. The molecule has 0 unspecified atom stereocenters. The lowest BCUT2D eigenvalue weighted by Crippen LogP contribution is -2.47. The molecule has 0 aromatic heterocycles. The molecule has 0 heterocycles. The van der Waals surface area contributed by atoms with E-state index in [1.54, 1.807) is 23.3 Å². The van der Waals surface area contributed by atoms with Crippen LogP contribution in [0.2, 0.25) is 18.1 Å². The number of unbranched alkanes of at least 4 members (excludes halogenated alkanes) is 29. The molecule has 0 bridgehead atoms. The van der Waals surface area contributed by atoms with Gasteiger partial charge in [-0.15, -0.1) is 0 Å². The van der Waals surface area contributed by atoms with Crippen LogP contribution in [0.5, 0.6) is 0 Å². The van der Waals surface area contributed by atoms with Gasteiger partial charge in [0.2, 0.25) is 0 Å². The third-order valence-electron chi connectivity index (χ3n) is 10.9. The minimum atomic E-state index is -1.45. The molecule has 45 heavy (non-hydrogen) atoms. The number of rotatable bonds is 36. The lowest BCUT2D eigenvalue weighted by molar-refractivity contribution is 0.546. The van der Waals surface area contributed by atoms with Crippen LogP contribution in [0.15, 0.2) is 30.3 Å². The van der Waals surface area contributed by atoms with E-state index in [0.717, 1.165) is 0 Å². The molecular formula is C44H84Si. The Morgan fingerprint density at radius 2 is 0.511 bits per heavy atom. The monoisotopic (exact) mass is 641 g/mol. The molecular weight excluding hydrogens is 557 g/mol. The Kier molecular flexibility index (Phi) is 31.5. The topological polar surface area (TPSA) is 0 Å². The van der Waals surface area contributed by atoms with Crippen LogP contribution in [-0.4, -0.2) is 8.07 Å².